The zero-order chi connectivity index (χ0) is 14.1. The van der Waals surface area contributed by atoms with Crippen LogP contribution in [-0.4, -0.2) is 38.4 Å². The van der Waals surface area contributed by atoms with Gasteiger partial charge in [-0.1, -0.05) is 0 Å². The highest BCUT2D eigenvalue weighted by Crippen LogP contribution is 2.17. The lowest BCUT2D eigenvalue weighted by molar-refractivity contribution is -0.130. The minimum Gasteiger partial charge on any atom is -0.343 e. The smallest absolute Gasteiger partial charge is 0.224 e. The van der Waals surface area contributed by atoms with Crippen molar-refractivity contribution < 1.29 is 4.79 Å². The number of amides is 1. The van der Waals surface area contributed by atoms with Crippen molar-refractivity contribution in [2.45, 2.75) is 25.8 Å². The van der Waals surface area contributed by atoms with E-state index >= 15 is 0 Å². The van der Waals surface area contributed by atoms with Gasteiger partial charge in [0.05, 0.1) is 5.52 Å². The van der Waals surface area contributed by atoms with Crippen LogP contribution >= 0.6 is 28.1 Å². The molecule has 1 amide bonds. The van der Waals surface area contributed by atoms with Gasteiger partial charge in [-0.3, -0.25) is 4.79 Å². The van der Waals surface area contributed by atoms with Crippen LogP contribution in [-0.2, 0) is 11.3 Å². The molecule has 5 nitrogen and oxygen atoms in total. The molecule has 0 atom stereocenters. The van der Waals surface area contributed by atoms with Crippen LogP contribution in [0.4, 0.5) is 0 Å². The number of pyridine rings is 1. The number of rotatable bonds is 3. The molecule has 3 rings (SSSR count). The van der Waals surface area contributed by atoms with Gasteiger partial charge in [0.25, 0.3) is 0 Å². The van der Waals surface area contributed by atoms with Gasteiger partial charge in [-0.05, 0) is 47.1 Å². The van der Waals surface area contributed by atoms with Gasteiger partial charge < -0.3 is 14.5 Å². The summed E-state index contributed by atoms with van der Waals surface area (Å²) in [5, 5.41) is 0. The Balaban J connectivity index is 1.78. The number of H-pyrrole nitrogens is 1. The Kier molecular flexibility index (Phi) is 3.89. The molecule has 0 saturated carbocycles. The molecular formula is C13H15BrN4OS. The molecule has 0 unspecified atom stereocenters. The highest BCUT2D eigenvalue weighted by atomic mass is 79.9. The fraction of sp³-hybridized carbons (Fsp3) is 0.462. The number of nitrogens with zero attached hydrogens (tertiary/aromatic N) is 3. The lowest BCUT2D eigenvalue weighted by Crippen LogP contribution is -2.28. The molecule has 3 heterocycles. The summed E-state index contributed by atoms with van der Waals surface area (Å²) in [6.45, 7) is 2.36. The van der Waals surface area contributed by atoms with Gasteiger partial charge in [-0.25, -0.2) is 4.98 Å². The van der Waals surface area contributed by atoms with Gasteiger partial charge in [-0.2, -0.15) is 0 Å². The van der Waals surface area contributed by atoms with E-state index in [4.69, 9.17) is 12.2 Å². The number of hydrogen-bond acceptors (Lipinski definition) is 3. The first-order valence-electron chi connectivity index (χ1n) is 6.67. The minimum absolute atomic E-state index is 0.205. The van der Waals surface area contributed by atoms with E-state index in [9.17, 15) is 4.79 Å². The first kappa shape index (κ1) is 13.8. The van der Waals surface area contributed by atoms with Crippen LogP contribution in [0.2, 0.25) is 0 Å². The number of imidazole rings is 1. The lowest BCUT2D eigenvalue weighted by Gasteiger charge is -2.15. The third-order valence-electron chi connectivity index (χ3n) is 3.58. The van der Waals surface area contributed by atoms with E-state index in [0.29, 0.717) is 17.7 Å². The van der Waals surface area contributed by atoms with Gasteiger partial charge in [-0.15, -0.1) is 0 Å². The maximum atomic E-state index is 12.1. The van der Waals surface area contributed by atoms with E-state index in [1.165, 1.54) is 0 Å². The summed E-state index contributed by atoms with van der Waals surface area (Å²) in [5.74, 6) is 0.205. The maximum absolute atomic E-state index is 12.1. The van der Waals surface area contributed by atoms with E-state index in [0.717, 1.165) is 41.6 Å². The number of halogens is 1. The summed E-state index contributed by atoms with van der Waals surface area (Å²) in [5.41, 5.74) is 1.69. The van der Waals surface area contributed by atoms with E-state index in [2.05, 4.69) is 25.9 Å². The summed E-state index contributed by atoms with van der Waals surface area (Å²) in [6, 6.07) is 1.94. The topological polar surface area (TPSA) is 53.9 Å². The number of carbonyl (C=O) groups excluding carboxylic acids is 1. The normalized spacial score (nSPS) is 15.2. The van der Waals surface area contributed by atoms with E-state index in [1.807, 2.05) is 15.5 Å². The summed E-state index contributed by atoms with van der Waals surface area (Å²) < 4.78 is 3.41. The van der Waals surface area contributed by atoms with Crippen molar-refractivity contribution in [3.63, 3.8) is 0 Å². The van der Waals surface area contributed by atoms with Crippen LogP contribution in [0, 0.1) is 4.77 Å². The summed E-state index contributed by atoms with van der Waals surface area (Å²) in [6.07, 6.45) is 4.45. The molecule has 20 heavy (non-hydrogen) atoms. The van der Waals surface area contributed by atoms with Crippen molar-refractivity contribution in [2.24, 2.45) is 0 Å². The fourth-order valence-corrected chi connectivity index (χ4v) is 3.18. The van der Waals surface area contributed by atoms with Crippen molar-refractivity contribution >= 4 is 45.2 Å². The standard InChI is InChI=1S/C13H15BrN4OS/c14-9-7-10-12(15-8-9)18(13(20)16-10)6-3-11(19)17-4-1-2-5-17/h7-8H,1-6H2,(H,16,20). The van der Waals surface area contributed by atoms with Gasteiger partial charge >= 0.3 is 0 Å². The van der Waals surface area contributed by atoms with E-state index in [-0.39, 0.29) is 5.91 Å². The quantitative estimate of drug-likeness (QED) is 0.862. The van der Waals surface area contributed by atoms with Crippen LogP contribution in [0.15, 0.2) is 16.7 Å². The average molecular weight is 355 g/mol. The van der Waals surface area contributed by atoms with Crippen LogP contribution in [0.1, 0.15) is 19.3 Å². The molecule has 0 radical (unpaired) electrons. The number of carbonyl (C=O) groups is 1. The first-order valence-corrected chi connectivity index (χ1v) is 7.87. The highest BCUT2D eigenvalue weighted by Gasteiger charge is 2.18. The van der Waals surface area contributed by atoms with Gasteiger partial charge in [0.2, 0.25) is 5.91 Å². The highest BCUT2D eigenvalue weighted by molar-refractivity contribution is 9.10. The number of likely N-dealkylation sites (tertiary alicyclic amines) is 1. The van der Waals surface area contributed by atoms with Crippen molar-refractivity contribution in [1.82, 2.24) is 19.4 Å². The second-order valence-corrected chi connectivity index (χ2v) is 6.25. The second-order valence-electron chi connectivity index (χ2n) is 4.94. The van der Waals surface area contributed by atoms with Crippen molar-refractivity contribution in [1.29, 1.82) is 0 Å². The molecule has 2 aromatic heterocycles. The molecule has 0 bridgehead atoms. The SMILES string of the molecule is O=C(CCn1c(=S)[nH]c2cc(Br)cnc21)N1CCCC1. The van der Waals surface area contributed by atoms with Crippen LogP contribution in [0.3, 0.4) is 0 Å². The Morgan fingerprint density at radius 1 is 1.45 bits per heavy atom. The third kappa shape index (κ3) is 2.64. The molecule has 2 aromatic rings. The van der Waals surface area contributed by atoms with Gasteiger partial charge in [0.15, 0.2) is 10.4 Å². The van der Waals surface area contributed by atoms with Crippen LogP contribution in [0.25, 0.3) is 11.2 Å². The minimum atomic E-state index is 0.205. The van der Waals surface area contributed by atoms with Gasteiger partial charge in [0, 0.05) is 36.7 Å². The summed E-state index contributed by atoms with van der Waals surface area (Å²) >= 11 is 8.70. The van der Waals surface area contributed by atoms with E-state index < -0.39 is 0 Å². The first-order chi connectivity index (χ1) is 9.65. The zero-order valence-electron chi connectivity index (χ0n) is 10.9. The fourth-order valence-electron chi connectivity index (χ4n) is 2.56. The molecule has 0 aromatic carbocycles. The molecule has 0 aliphatic carbocycles. The molecule has 1 saturated heterocycles. The Labute approximate surface area is 130 Å². The number of nitrogens with one attached hydrogen (secondary N) is 1. The second kappa shape index (κ2) is 5.65. The monoisotopic (exact) mass is 354 g/mol. The number of aryl methyl sites for hydroxylation is 1. The third-order valence-corrected chi connectivity index (χ3v) is 4.34. The van der Waals surface area contributed by atoms with Gasteiger partial charge in [0.1, 0.15) is 0 Å². The Morgan fingerprint density at radius 2 is 2.20 bits per heavy atom. The Bertz CT molecular complexity index is 702. The molecule has 1 aliphatic rings. The van der Waals surface area contributed by atoms with Crippen LogP contribution < -0.4 is 0 Å². The predicted molar refractivity (Wildman–Crippen MR) is 83.0 cm³/mol. The molecule has 7 heteroatoms. The summed E-state index contributed by atoms with van der Waals surface area (Å²) in [7, 11) is 0. The zero-order valence-corrected chi connectivity index (χ0v) is 13.3. The molecule has 0 spiro atoms. The Morgan fingerprint density at radius 3 is 2.95 bits per heavy atom. The van der Waals surface area contributed by atoms with Crippen molar-refractivity contribution in [3.05, 3.63) is 21.5 Å². The number of aromatic amines is 1. The number of aromatic nitrogens is 3. The average Bonchev–Trinajstić information content (AvgIpc) is 3.03. The Hall–Kier alpha value is -1.21. The lowest BCUT2D eigenvalue weighted by atomic mass is 10.3. The maximum Gasteiger partial charge on any atom is 0.224 e. The molecule has 1 N–H and O–H groups in total. The largest absolute Gasteiger partial charge is 0.343 e. The number of hydrogen-bond donors (Lipinski definition) is 1. The molecule has 1 fully saturated rings. The predicted octanol–water partition coefficient (Wildman–Crippen LogP) is 2.87. The van der Waals surface area contributed by atoms with Crippen LogP contribution in [0.5, 0.6) is 0 Å². The molecule has 1 aliphatic heterocycles. The van der Waals surface area contributed by atoms with Crippen molar-refractivity contribution in [3.8, 4) is 0 Å². The summed E-state index contributed by atoms with van der Waals surface area (Å²) in [4.78, 5) is 21.5. The molecule has 106 valence electrons. The van der Waals surface area contributed by atoms with E-state index in [1.54, 1.807) is 6.20 Å². The number of fused-ring (bicyclic) bond motifs is 1. The molecular weight excluding hydrogens is 340 g/mol. The van der Waals surface area contributed by atoms with Crippen molar-refractivity contribution in [2.75, 3.05) is 13.1 Å².